The van der Waals surface area contributed by atoms with Crippen LogP contribution in [0.1, 0.15) is 0 Å². The number of nitrogens with zero attached hydrogens (tertiary/aromatic N) is 4. The smallest absolute Gasteiger partial charge is 0.160 e. The van der Waals surface area contributed by atoms with Crippen LogP contribution >= 0.6 is 11.3 Å². The van der Waals surface area contributed by atoms with Crippen molar-refractivity contribution >= 4 is 92.1 Å². The predicted octanol–water partition coefficient (Wildman–Crippen LogP) is 18.4. The molecular weight excluding hydrogens is 881 g/mol. The van der Waals surface area contributed by atoms with Gasteiger partial charge in [0, 0.05) is 69.9 Å². The van der Waals surface area contributed by atoms with Crippen LogP contribution in [-0.2, 0) is 0 Å². The Morgan fingerprint density at radius 2 is 0.958 bits per heavy atom. The maximum absolute atomic E-state index is 5.30. The molecule has 4 nitrogen and oxygen atoms in total. The molecule has 0 bridgehead atoms. The van der Waals surface area contributed by atoms with Crippen molar-refractivity contribution < 1.29 is 0 Å². The minimum Gasteiger partial charge on any atom is -0.310 e. The lowest BCUT2D eigenvalue weighted by atomic mass is 9.99. The van der Waals surface area contributed by atoms with Gasteiger partial charge in [-0.2, -0.15) is 0 Å². The Hall–Kier alpha value is -9.16. The zero-order valence-corrected chi connectivity index (χ0v) is 39.3. The number of aromatic nitrogens is 3. The highest BCUT2D eigenvalue weighted by Gasteiger charge is 2.20. The normalized spacial score (nSPS) is 11.7. The second-order valence-corrected chi connectivity index (χ2v) is 19.2. The van der Waals surface area contributed by atoms with Crippen molar-refractivity contribution in [3.05, 3.63) is 255 Å². The van der Waals surface area contributed by atoms with Gasteiger partial charge in [-0.3, -0.25) is 0 Å². The fraction of sp³-hybridized carbons (Fsp3) is 0. The molecule has 14 rings (SSSR count). The number of benzene rings is 11. The van der Waals surface area contributed by atoms with Gasteiger partial charge in [0.1, 0.15) is 0 Å². The molecule has 0 aliphatic carbocycles. The third-order valence-corrected chi connectivity index (χ3v) is 15.1. The SMILES string of the molecule is c1ccc(-c2ccc(-c3nc(-c4cccc(-c5ccc6c7ccccc7n(-c7cccc(N(c8ccc9sc%10ccccc%10c9c8)c8cccc9ccccc89)c7)c6c5)c4)nc4ccccc34)cc2)cc1. The Balaban J connectivity index is 0.893. The number of hydrogen-bond acceptors (Lipinski definition) is 4. The fourth-order valence-electron chi connectivity index (χ4n) is 10.6. The third kappa shape index (κ3) is 7.05. The van der Waals surface area contributed by atoms with Crippen LogP contribution in [0.5, 0.6) is 0 Å². The summed E-state index contributed by atoms with van der Waals surface area (Å²) in [4.78, 5) is 12.9. The first-order valence-corrected chi connectivity index (χ1v) is 24.9. The minimum absolute atomic E-state index is 0.696. The lowest BCUT2D eigenvalue weighted by Crippen LogP contribution is -2.11. The molecule has 0 radical (unpaired) electrons. The molecule has 0 N–H and O–H groups in total. The molecule has 332 valence electrons. The maximum atomic E-state index is 5.30. The number of anilines is 3. The zero-order valence-electron chi connectivity index (χ0n) is 38.4. The molecule has 0 fully saturated rings. The van der Waals surface area contributed by atoms with Crippen LogP contribution < -0.4 is 4.90 Å². The van der Waals surface area contributed by atoms with Gasteiger partial charge in [0.05, 0.1) is 27.9 Å². The molecular formula is C66H42N4S. The summed E-state index contributed by atoms with van der Waals surface area (Å²) in [6.07, 6.45) is 0. The first-order valence-electron chi connectivity index (χ1n) is 24.0. The standard InChI is InChI=1S/C66H42N4S/c1-2-15-43(16-3-1)44-31-33-46(34-32-44)65-57-26-6-9-27-59(57)67-66(68-65)49-20-12-19-47(39-49)48-35-37-55-54-24-7-10-28-61(54)70(62(55)40-48)51-22-14-21-50(41-51)69(60-29-13-18-45-17-4-5-23-53(45)60)52-36-38-64-58(42-52)56-25-8-11-30-63(56)71-64/h1-42H. The average Bonchev–Trinajstić information content (AvgIpc) is 3.98. The summed E-state index contributed by atoms with van der Waals surface area (Å²) < 4.78 is 5.01. The Morgan fingerprint density at radius 3 is 1.86 bits per heavy atom. The van der Waals surface area contributed by atoms with Crippen molar-refractivity contribution in [3.63, 3.8) is 0 Å². The lowest BCUT2D eigenvalue weighted by Gasteiger charge is -2.27. The Kier molecular flexibility index (Phi) is 9.68. The van der Waals surface area contributed by atoms with E-state index in [1.54, 1.807) is 0 Å². The van der Waals surface area contributed by atoms with Crippen molar-refractivity contribution in [1.29, 1.82) is 0 Å². The maximum Gasteiger partial charge on any atom is 0.160 e. The monoisotopic (exact) mass is 922 g/mol. The van der Waals surface area contributed by atoms with Crippen molar-refractivity contribution in [1.82, 2.24) is 14.5 Å². The van der Waals surface area contributed by atoms with E-state index >= 15 is 0 Å². The number of hydrogen-bond donors (Lipinski definition) is 0. The molecule has 0 spiro atoms. The van der Waals surface area contributed by atoms with Crippen LogP contribution in [0.2, 0.25) is 0 Å². The second-order valence-electron chi connectivity index (χ2n) is 18.2. The van der Waals surface area contributed by atoms with E-state index < -0.39 is 0 Å². The van der Waals surface area contributed by atoms with E-state index in [1.807, 2.05) is 11.3 Å². The highest BCUT2D eigenvalue weighted by molar-refractivity contribution is 7.25. The van der Waals surface area contributed by atoms with E-state index in [2.05, 4.69) is 264 Å². The summed E-state index contributed by atoms with van der Waals surface area (Å²) in [7, 11) is 0. The molecule has 3 heterocycles. The summed E-state index contributed by atoms with van der Waals surface area (Å²) >= 11 is 1.85. The Labute approximate surface area is 414 Å². The molecule has 0 aliphatic rings. The van der Waals surface area contributed by atoms with Gasteiger partial charge in [-0.15, -0.1) is 11.3 Å². The molecule has 0 unspecified atom stereocenters. The van der Waals surface area contributed by atoms with Gasteiger partial charge in [-0.25, -0.2) is 9.97 Å². The number of fused-ring (bicyclic) bond motifs is 8. The van der Waals surface area contributed by atoms with Crippen molar-refractivity contribution in [2.24, 2.45) is 0 Å². The Morgan fingerprint density at radius 1 is 0.338 bits per heavy atom. The number of para-hydroxylation sites is 2. The summed E-state index contributed by atoms with van der Waals surface area (Å²) in [6.45, 7) is 0. The summed E-state index contributed by atoms with van der Waals surface area (Å²) in [5, 5.41) is 8.39. The fourth-order valence-corrected chi connectivity index (χ4v) is 11.7. The van der Waals surface area contributed by atoms with Gasteiger partial charge in [0.25, 0.3) is 0 Å². The van der Waals surface area contributed by atoms with E-state index in [-0.39, 0.29) is 0 Å². The molecule has 3 aromatic heterocycles. The average molecular weight is 923 g/mol. The van der Waals surface area contributed by atoms with Gasteiger partial charge in [-0.1, -0.05) is 182 Å². The lowest BCUT2D eigenvalue weighted by molar-refractivity contribution is 1.17. The first-order chi connectivity index (χ1) is 35.2. The van der Waals surface area contributed by atoms with Gasteiger partial charge in [0.2, 0.25) is 0 Å². The molecule has 5 heteroatoms. The number of rotatable bonds is 8. The largest absolute Gasteiger partial charge is 0.310 e. The van der Waals surface area contributed by atoms with Crippen molar-refractivity contribution in [2.75, 3.05) is 4.90 Å². The van der Waals surface area contributed by atoms with E-state index in [0.29, 0.717) is 5.82 Å². The molecule has 71 heavy (non-hydrogen) atoms. The van der Waals surface area contributed by atoms with Crippen molar-refractivity contribution in [3.8, 4) is 50.6 Å². The minimum atomic E-state index is 0.696. The third-order valence-electron chi connectivity index (χ3n) is 14.0. The zero-order chi connectivity index (χ0) is 46.8. The van der Waals surface area contributed by atoms with E-state index in [1.165, 1.54) is 52.8 Å². The molecule has 0 saturated carbocycles. The number of thiophene rings is 1. The van der Waals surface area contributed by atoms with Crippen LogP contribution in [-0.4, -0.2) is 14.5 Å². The van der Waals surface area contributed by atoms with Gasteiger partial charge >= 0.3 is 0 Å². The highest BCUT2D eigenvalue weighted by atomic mass is 32.1. The summed E-state index contributed by atoms with van der Waals surface area (Å²) in [5.41, 5.74) is 15.1. The summed E-state index contributed by atoms with van der Waals surface area (Å²) in [5.74, 6) is 0.696. The van der Waals surface area contributed by atoms with E-state index in [0.717, 1.165) is 72.6 Å². The molecule has 0 aliphatic heterocycles. The van der Waals surface area contributed by atoms with Gasteiger partial charge in [-0.05, 0) is 100 Å². The molecule has 11 aromatic carbocycles. The second kappa shape index (κ2) is 16.8. The van der Waals surface area contributed by atoms with Crippen LogP contribution in [0.3, 0.4) is 0 Å². The van der Waals surface area contributed by atoms with Crippen LogP contribution in [0, 0.1) is 0 Å². The molecule has 0 saturated heterocycles. The highest BCUT2D eigenvalue weighted by Crippen LogP contribution is 2.44. The van der Waals surface area contributed by atoms with Gasteiger partial charge in [0.15, 0.2) is 5.82 Å². The van der Waals surface area contributed by atoms with Crippen LogP contribution in [0.4, 0.5) is 17.1 Å². The topological polar surface area (TPSA) is 34.0 Å². The summed E-state index contributed by atoms with van der Waals surface area (Å²) in [6, 6.07) is 91.9. The van der Waals surface area contributed by atoms with Crippen LogP contribution in [0.25, 0.3) is 114 Å². The Bertz CT molecular complexity index is 4350. The molecule has 14 aromatic rings. The van der Waals surface area contributed by atoms with Crippen molar-refractivity contribution in [2.45, 2.75) is 0 Å². The van der Waals surface area contributed by atoms with E-state index in [9.17, 15) is 0 Å². The van der Waals surface area contributed by atoms with E-state index in [4.69, 9.17) is 9.97 Å². The molecule has 0 amide bonds. The van der Waals surface area contributed by atoms with Crippen LogP contribution in [0.15, 0.2) is 255 Å². The molecule has 0 atom stereocenters. The first kappa shape index (κ1) is 40.9. The quantitative estimate of drug-likeness (QED) is 0.152. The predicted molar refractivity (Wildman–Crippen MR) is 301 cm³/mol. The van der Waals surface area contributed by atoms with Gasteiger partial charge < -0.3 is 9.47 Å².